The van der Waals surface area contributed by atoms with Crippen LogP contribution in [0.3, 0.4) is 0 Å². The number of rotatable bonds is 7. The average molecular weight is 365 g/mol. The molecule has 3 N–H and O–H groups in total. The molecule has 0 saturated heterocycles. The normalized spacial score (nSPS) is 13.8. The molecule has 1 heterocycles. The summed E-state index contributed by atoms with van der Waals surface area (Å²) in [4.78, 5) is 19.8. The van der Waals surface area contributed by atoms with Gasteiger partial charge in [-0.3, -0.25) is 4.79 Å². The Morgan fingerprint density at radius 1 is 1.00 bits per heavy atom. The lowest BCUT2D eigenvalue weighted by Crippen LogP contribution is -2.85. The van der Waals surface area contributed by atoms with Crippen LogP contribution in [0.4, 0.5) is 0 Å². The summed E-state index contributed by atoms with van der Waals surface area (Å²) in [6.07, 6.45) is 1.15. The molecule has 4 nitrogen and oxygen atoms in total. The monoisotopic (exact) mass is 364 g/mol. The van der Waals surface area contributed by atoms with Crippen molar-refractivity contribution >= 4 is 10.9 Å². The Bertz CT molecular complexity index is 944. The van der Waals surface area contributed by atoms with Crippen LogP contribution in [0.5, 0.6) is 0 Å². The van der Waals surface area contributed by atoms with Crippen molar-refractivity contribution < 1.29 is 5.32 Å². The Labute approximate surface area is 161 Å². The van der Waals surface area contributed by atoms with Gasteiger partial charge in [-0.2, -0.15) is 0 Å². The van der Waals surface area contributed by atoms with Gasteiger partial charge in [0.1, 0.15) is 12.6 Å². The molecule has 0 fully saturated rings. The molecule has 0 amide bonds. The number of nitrogens with zero attached hydrogens (tertiary/aromatic N) is 1. The molecule has 3 rings (SSSR count). The fourth-order valence-corrected chi connectivity index (χ4v) is 3.55. The van der Waals surface area contributed by atoms with Gasteiger partial charge in [-0.25, -0.2) is 4.98 Å². The van der Waals surface area contributed by atoms with Crippen molar-refractivity contribution in [3.63, 3.8) is 0 Å². The number of nitrogens with two attached hydrogens (primary N) is 1. The summed E-state index contributed by atoms with van der Waals surface area (Å²) in [6.45, 7) is 9.61. The van der Waals surface area contributed by atoms with Crippen molar-refractivity contribution in [3.05, 3.63) is 75.8 Å². The first-order chi connectivity index (χ1) is 13.0. The van der Waals surface area contributed by atoms with E-state index in [1.807, 2.05) is 24.3 Å². The van der Waals surface area contributed by atoms with Crippen LogP contribution >= 0.6 is 0 Å². The first-order valence-corrected chi connectivity index (χ1v) is 9.90. The van der Waals surface area contributed by atoms with Crippen molar-refractivity contribution in [3.8, 4) is 0 Å². The van der Waals surface area contributed by atoms with Crippen molar-refractivity contribution in [2.24, 2.45) is 5.92 Å². The van der Waals surface area contributed by atoms with Crippen molar-refractivity contribution in [2.45, 2.75) is 52.6 Å². The van der Waals surface area contributed by atoms with Gasteiger partial charge in [0.25, 0.3) is 5.56 Å². The fraction of sp³-hybridized carbons (Fsp3) is 0.391. The van der Waals surface area contributed by atoms with E-state index >= 15 is 0 Å². The third-order valence-corrected chi connectivity index (χ3v) is 5.45. The zero-order chi connectivity index (χ0) is 19.4. The predicted molar refractivity (Wildman–Crippen MR) is 111 cm³/mol. The summed E-state index contributed by atoms with van der Waals surface area (Å²) in [5.74, 6) is 1.79. The summed E-state index contributed by atoms with van der Waals surface area (Å²) >= 11 is 0. The summed E-state index contributed by atoms with van der Waals surface area (Å²) in [6, 6.07) is 16.8. The number of benzene rings is 2. The van der Waals surface area contributed by atoms with E-state index in [4.69, 9.17) is 0 Å². The van der Waals surface area contributed by atoms with Crippen LogP contribution in [-0.4, -0.2) is 9.97 Å². The maximum absolute atomic E-state index is 12.3. The minimum atomic E-state index is -0.0667. The zero-order valence-corrected chi connectivity index (χ0v) is 16.7. The molecule has 0 bridgehead atoms. The number of fused-ring (bicyclic) bond motifs is 1. The number of hydrogen-bond acceptors (Lipinski definition) is 2. The average Bonchev–Trinajstić information content (AvgIpc) is 2.68. The molecule has 0 spiro atoms. The van der Waals surface area contributed by atoms with Crippen LogP contribution in [0.15, 0.2) is 53.3 Å². The van der Waals surface area contributed by atoms with Gasteiger partial charge < -0.3 is 10.3 Å². The van der Waals surface area contributed by atoms with E-state index in [-0.39, 0.29) is 5.56 Å². The molecule has 4 heteroatoms. The molecule has 1 aromatic heterocycles. The number of hydrogen-bond donors (Lipinski definition) is 2. The number of quaternary nitrogens is 1. The fourth-order valence-electron chi connectivity index (χ4n) is 3.55. The van der Waals surface area contributed by atoms with E-state index in [0.717, 1.165) is 17.8 Å². The Morgan fingerprint density at radius 2 is 1.67 bits per heavy atom. The molecule has 2 atom stereocenters. The van der Waals surface area contributed by atoms with Crippen LogP contribution < -0.4 is 10.9 Å². The van der Waals surface area contributed by atoms with E-state index in [1.165, 1.54) is 11.1 Å². The molecule has 142 valence electrons. The first kappa shape index (κ1) is 19.3. The van der Waals surface area contributed by atoms with Crippen molar-refractivity contribution in [1.29, 1.82) is 0 Å². The number of nitrogens with one attached hydrogen (secondary N) is 1. The molecule has 0 saturated carbocycles. The van der Waals surface area contributed by atoms with E-state index in [1.54, 1.807) is 0 Å². The lowest BCUT2D eigenvalue weighted by Gasteiger charge is -2.20. The molecule has 3 aromatic rings. The number of para-hydroxylation sites is 1. The molecule has 2 aromatic carbocycles. The minimum absolute atomic E-state index is 0.0667. The quantitative estimate of drug-likeness (QED) is 0.668. The molecular weight excluding hydrogens is 334 g/mol. The molecule has 0 radical (unpaired) electrons. The second-order valence-electron chi connectivity index (χ2n) is 7.72. The van der Waals surface area contributed by atoms with E-state index in [0.29, 0.717) is 29.8 Å². The number of aromatic nitrogens is 2. The number of aromatic amines is 1. The highest BCUT2D eigenvalue weighted by Crippen LogP contribution is 2.23. The molecule has 0 aliphatic carbocycles. The zero-order valence-electron chi connectivity index (χ0n) is 16.7. The van der Waals surface area contributed by atoms with Crippen LogP contribution in [0.2, 0.25) is 0 Å². The second-order valence-corrected chi connectivity index (χ2v) is 7.72. The van der Waals surface area contributed by atoms with E-state index < -0.39 is 0 Å². The first-order valence-electron chi connectivity index (χ1n) is 9.90. The Kier molecular flexibility index (Phi) is 6.07. The van der Waals surface area contributed by atoms with Gasteiger partial charge in [-0.1, -0.05) is 64.1 Å². The van der Waals surface area contributed by atoms with E-state index in [2.05, 4.69) is 67.2 Å². The van der Waals surface area contributed by atoms with Gasteiger partial charge in [-0.15, -0.1) is 0 Å². The Hall–Kier alpha value is -2.46. The van der Waals surface area contributed by atoms with Crippen LogP contribution in [0, 0.1) is 5.92 Å². The molecule has 0 unspecified atom stereocenters. The lowest BCUT2D eigenvalue weighted by atomic mass is 9.92. The highest BCUT2D eigenvalue weighted by Gasteiger charge is 2.20. The van der Waals surface area contributed by atoms with Gasteiger partial charge in [-0.05, 0) is 30.0 Å². The summed E-state index contributed by atoms with van der Waals surface area (Å²) in [5, 5.41) is 2.91. The maximum Gasteiger partial charge on any atom is 0.258 e. The minimum Gasteiger partial charge on any atom is -0.334 e. The van der Waals surface area contributed by atoms with Crippen LogP contribution in [0.1, 0.15) is 63.0 Å². The number of H-pyrrole nitrogens is 1. The van der Waals surface area contributed by atoms with Gasteiger partial charge in [0.2, 0.25) is 0 Å². The molecule has 0 aliphatic heterocycles. The van der Waals surface area contributed by atoms with Gasteiger partial charge >= 0.3 is 0 Å². The Balaban J connectivity index is 1.78. The smallest absolute Gasteiger partial charge is 0.258 e. The molecule has 0 aliphatic rings. The summed E-state index contributed by atoms with van der Waals surface area (Å²) in [7, 11) is 0. The van der Waals surface area contributed by atoms with Gasteiger partial charge in [0.05, 0.1) is 10.9 Å². The van der Waals surface area contributed by atoms with Crippen molar-refractivity contribution in [1.82, 2.24) is 9.97 Å². The SMILES string of the molecule is CC[C@H](C)c1ccc([C@@H]([NH2+]Cc2nc3ccccc3c(=O)[nH]2)C(C)C)cc1. The lowest BCUT2D eigenvalue weighted by molar-refractivity contribution is -0.718. The van der Waals surface area contributed by atoms with Crippen LogP contribution in [0.25, 0.3) is 10.9 Å². The molecule has 27 heavy (non-hydrogen) atoms. The third-order valence-electron chi connectivity index (χ3n) is 5.45. The molecular formula is C23H30N3O+. The predicted octanol–water partition coefficient (Wildman–Crippen LogP) is 3.90. The highest BCUT2D eigenvalue weighted by atomic mass is 16.1. The second kappa shape index (κ2) is 8.49. The topological polar surface area (TPSA) is 62.4 Å². The van der Waals surface area contributed by atoms with E-state index in [9.17, 15) is 4.79 Å². The Morgan fingerprint density at radius 3 is 2.33 bits per heavy atom. The van der Waals surface area contributed by atoms with Crippen LogP contribution in [-0.2, 0) is 6.54 Å². The summed E-state index contributed by atoms with van der Waals surface area (Å²) in [5.41, 5.74) is 3.40. The highest BCUT2D eigenvalue weighted by molar-refractivity contribution is 5.77. The third kappa shape index (κ3) is 4.45. The summed E-state index contributed by atoms with van der Waals surface area (Å²) < 4.78 is 0. The maximum atomic E-state index is 12.3. The standard InChI is InChI=1S/C23H29N3O/c1-5-16(4)17-10-12-18(13-11-17)22(15(2)3)24-14-21-25-20-9-7-6-8-19(20)23(27)26-21/h6-13,15-16,22,24H,5,14H2,1-4H3,(H,25,26,27)/p+1/t16-,22-/m0/s1. The van der Waals surface area contributed by atoms with Crippen molar-refractivity contribution in [2.75, 3.05) is 0 Å². The van der Waals surface area contributed by atoms with Gasteiger partial charge in [0.15, 0.2) is 5.82 Å². The largest absolute Gasteiger partial charge is 0.334 e. The van der Waals surface area contributed by atoms with Gasteiger partial charge in [0, 0.05) is 11.5 Å².